The fourth-order valence-electron chi connectivity index (χ4n) is 1.85. The van der Waals surface area contributed by atoms with E-state index in [0.717, 1.165) is 25.8 Å². The van der Waals surface area contributed by atoms with E-state index in [-0.39, 0.29) is 0 Å². The Morgan fingerprint density at radius 3 is 3.10 bits per heavy atom. The van der Waals surface area contributed by atoms with Crippen LogP contribution in [-0.2, 0) is 9.63 Å². The van der Waals surface area contributed by atoms with E-state index in [2.05, 4.69) is 0 Å². The Labute approximate surface area is 59.9 Å². The summed E-state index contributed by atoms with van der Waals surface area (Å²) in [6, 6.07) is 0. The monoisotopic (exact) mass is 141 g/mol. The van der Waals surface area contributed by atoms with E-state index in [1.807, 2.05) is 0 Å². The minimum Gasteiger partial charge on any atom is -0.276 e. The van der Waals surface area contributed by atoms with Crippen molar-refractivity contribution in [2.45, 2.75) is 25.4 Å². The number of hydroxylamine groups is 2. The molecule has 0 spiro atoms. The third kappa shape index (κ3) is 0.904. The van der Waals surface area contributed by atoms with Gasteiger partial charge in [-0.1, -0.05) is 0 Å². The molecule has 2 bridgehead atoms. The van der Waals surface area contributed by atoms with Gasteiger partial charge in [-0.2, -0.15) is 0 Å². The quantitative estimate of drug-likeness (QED) is 0.499. The van der Waals surface area contributed by atoms with Crippen LogP contribution in [0.1, 0.15) is 19.3 Å². The molecule has 1 aliphatic carbocycles. The summed E-state index contributed by atoms with van der Waals surface area (Å²) < 4.78 is 0. The van der Waals surface area contributed by atoms with Crippen LogP contribution in [-0.4, -0.2) is 24.1 Å². The van der Waals surface area contributed by atoms with Gasteiger partial charge in [0.25, 0.3) is 0 Å². The number of hydrogen-bond donors (Lipinski definition) is 0. The van der Waals surface area contributed by atoms with Gasteiger partial charge >= 0.3 is 0 Å². The molecule has 10 heavy (non-hydrogen) atoms. The molecule has 56 valence electrons. The summed E-state index contributed by atoms with van der Waals surface area (Å²) in [5.41, 5.74) is 0. The van der Waals surface area contributed by atoms with Crippen LogP contribution in [0.4, 0.5) is 0 Å². The van der Waals surface area contributed by atoms with Crippen LogP contribution in [0, 0.1) is 5.92 Å². The SMILES string of the molecule is O=CN1CC2CCC(C2)O1. The lowest BCUT2D eigenvalue weighted by Crippen LogP contribution is -2.35. The van der Waals surface area contributed by atoms with Gasteiger partial charge in [-0.3, -0.25) is 9.63 Å². The van der Waals surface area contributed by atoms with Gasteiger partial charge in [0.2, 0.25) is 6.41 Å². The Balaban J connectivity index is 2.02. The highest BCUT2D eigenvalue weighted by atomic mass is 16.7. The zero-order chi connectivity index (χ0) is 6.97. The predicted molar refractivity (Wildman–Crippen MR) is 35.0 cm³/mol. The van der Waals surface area contributed by atoms with Crippen LogP contribution in [0.3, 0.4) is 0 Å². The molecule has 2 rings (SSSR count). The number of nitrogens with zero attached hydrogens (tertiary/aromatic N) is 1. The molecular weight excluding hydrogens is 130 g/mol. The summed E-state index contributed by atoms with van der Waals surface area (Å²) in [4.78, 5) is 15.6. The summed E-state index contributed by atoms with van der Waals surface area (Å²) in [5.74, 6) is 0.712. The van der Waals surface area contributed by atoms with Crippen molar-refractivity contribution in [2.24, 2.45) is 5.92 Å². The lowest BCUT2D eigenvalue weighted by molar-refractivity contribution is -0.207. The standard InChI is InChI=1S/C7H11NO2/c9-5-8-4-6-1-2-7(3-6)10-8/h5-7H,1-4H2. The molecule has 3 nitrogen and oxygen atoms in total. The molecule has 0 aromatic rings. The number of amides is 1. The van der Waals surface area contributed by atoms with Crippen molar-refractivity contribution < 1.29 is 9.63 Å². The highest BCUT2D eigenvalue weighted by Gasteiger charge is 2.33. The second-order valence-corrected chi connectivity index (χ2v) is 3.11. The second-order valence-electron chi connectivity index (χ2n) is 3.11. The normalized spacial score (nSPS) is 38.2. The first-order chi connectivity index (χ1) is 4.88. The number of carbonyl (C=O) groups is 1. The predicted octanol–water partition coefficient (Wildman–Crippen LogP) is 0.559. The molecule has 1 aliphatic heterocycles. The highest BCUT2D eigenvalue weighted by Crippen LogP contribution is 2.32. The molecule has 0 N–H and O–H groups in total. The third-order valence-electron chi connectivity index (χ3n) is 2.33. The van der Waals surface area contributed by atoms with Crippen molar-refractivity contribution in [3.05, 3.63) is 0 Å². The first-order valence-corrected chi connectivity index (χ1v) is 3.77. The number of carbonyl (C=O) groups excluding carboxylic acids is 1. The Kier molecular flexibility index (Phi) is 1.38. The maximum Gasteiger partial charge on any atom is 0.233 e. The lowest BCUT2D eigenvalue weighted by atomic mass is 10.1. The van der Waals surface area contributed by atoms with Crippen molar-refractivity contribution in [1.29, 1.82) is 0 Å². The van der Waals surface area contributed by atoms with Crippen LogP contribution in [0.25, 0.3) is 0 Å². The fourth-order valence-corrected chi connectivity index (χ4v) is 1.85. The lowest BCUT2D eigenvalue weighted by Gasteiger charge is -2.27. The Morgan fingerprint density at radius 1 is 1.50 bits per heavy atom. The van der Waals surface area contributed by atoms with Crippen LogP contribution in [0.5, 0.6) is 0 Å². The second kappa shape index (κ2) is 2.23. The van der Waals surface area contributed by atoms with E-state index in [4.69, 9.17) is 4.84 Å². The average molecular weight is 141 g/mol. The molecule has 0 aromatic heterocycles. The number of hydrogen-bond acceptors (Lipinski definition) is 2. The van der Waals surface area contributed by atoms with E-state index in [1.54, 1.807) is 0 Å². The topological polar surface area (TPSA) is 29.5 Å². The van der Waals surface area contributed by atoms with Crippen LogP contribution in [0.2, 0.25) is 0 Å². The number of rotatable bonds is 1. The van der Waals surface area contributed by atoms with Crippen LogP contribution in [0.15, 0.2) is 0 Å². The van der Waals surface area contributed by atoms with E-state index in [1.165, 1.54) is 11.5 Å². The van der Waals surface area contributed by atoms with Crippen molar-refractivity contribution in [3.8, 4) is 0 Å². The van der Waals surface area contributed by atoms with E-state index in [0.29, 0.717) is 12.0 Å². The first-order valence-electron chi connectivity index (χ1n) is 3.77. The Hall–Kier alpha value is -0.570. The van der Waals surface area contributed by atoms with Gasteiger partial charge < -0.3 is 0 Å². The molecule has 3 heteroatoms. The fraction of sp³-hybridized carbons (Fsp3) is 0.857. The minimum atomic E-state index is 0.337. The van der Waals surface area contributed by atoms with Crippen molar-refractivity contribution in [3.63, 3.8) is 0 Å². The Morgan fingerprint density at radius 2 is 2.40 bits per heavy atom. The smallest absolute Gasteiger partial charge is 0.233 e. The molecule has 2 atom stereocenters. The first kappa shape index (κ1) is 6.16. The maximum absolute atomic E-state index is 10.3. The third-order valence-corrected chi connectivity index (χ3v) is 2.33. The minimum absolute atomic E-state index is 0.337. The van der Waals surface area contributed by atoms with Crippen molar-refractivity contribution in [2.75, 3.05) is 6.54 Å². The molecular formula is C7H11NO2. The number of fused-ring (bicyclic) bond motifs is 2. The molecule has 0 radical (unpaired) electrons. The van der Waals surface area contributed by atoms with Gasteiger partial charge in [0.15, 0.2) is 0 Å². The van der Waals surface area contributed by atoms with Crippen molar-refractivity contribution in [1.82, 2.24) is 5.06 Å². The molecule has 2 unspecified atom stereocenters. The summed E-state index contributed by atoms with van der Waals surface area (Å²) in [6.45, 7) is 0.806. The Bertz CT molecular complexity index is 137. The summed E-state index contributed by atoms with van der Waals surface area (Å²) in [6.07, 6.45) is 4.64. The molecule has 1 amide bonds. The molecule has 2 fully saturated rings. The zero-order valence-corrected chi connectivity index (χ0v) is 5.82. The van der Waals surface area contributed by atoms with Gasteiger partial charge in [-0.15, -0.1) is 0 Å². The maximum atomic E-state index is 10.3. The van der Waals surface area contributed by atoms with Gasteiger partial charge in [0, 0.05) is 0 Å². The highest BCUT2D eigenvalue weighted by molar-refractivity contribution is 5.45. The summed E-state index contributed by atoms with van der Waals surface area (Å²) >= 11 is 0. The van der Waals surface area contributed by atoms with Gasteiger partial charge in [-0.05, 0) is 25.2 Å². The van der Waals surface area contributed by atoms with Crippen LogP contribution < -0.4 is 0 Å². The molecule has 1 saturated heterocycles. The van der Waals surface area contributed by atoms with E-state index < -0.39 is 0 Å². The van der Waals surface area contributed by atoms with E-state index >= 15 is 0 Å². The zero-order valence-electron chi connectivity index (χ0n) is 5.82. The largest absolute Gasteiger partial charge is 0.276 e. The molecule has 2 aliphatic rings. The average Bonchev–Trinajstić information content (AvgIpc) is 2.30. The molecule has 0 aromatic carbocycles. The summed E-state index contributed by atoms with van der Waals surface area (Å²) in [7, 11) is 0. The van der Waals surface area contributed by atoms with Gasteiger partial charge in [0.05, 0.1) is 12.6 Å². The van der Waals surface area contributed by atoms with Gasteiger partial charge in [-0.25, -0.2) is 5.06 Å². The van der Waals surface area contributed by atoms with Crippen LogP contribution >= 0.6 is 0 Å². The van der Waals surface area contributed by atoms with Crippen molar-refractivity contribution >= 4 is 6.41 Å². The molecule has 1 heterocycles. The van der Waals surface area contributed by atoms with Gasteiger partial charge in [0.1, 0.15) is 0 Å². The molecule has 1 saturated carbocycles. The summed E-state index contributed by atoms with van der Waals surface area (Å²) in [5, 5.41) is 1.44. The van der Waals surface area contributed by atoms with E-state index in [9.17, 15) is 4.79 Å².